The molecule has 0 radical (unpaired) electrons. The predicted octanol–water partition coefficient (Wildman–Crippen LogP) is 3.79. The molecule has 0 aromatic heterocycles. The summed E-state index contributed by atoms with van der Waals surface area (Å²) in [7, 11) is 0. The van der Waals surface area contributed by atoms with E-state index in [4.69, 9.17) is 5.73 Å². The van der Waals surface area contributed by atoms with Gasteiger partial charge in [-0.2, -0.15) is 0 Å². The van der Waals surface area contributed by atoms with Gasteiger partial charge in [-0.15, -0.1) is 0 Å². The molecule has 0 amide bonds. The minimum absolute atomic E-state index is 0.342. The smallest absolute Gasteiger partial charge is 0.0337 e. The van der Waals surface area contributed by atoms with Crippen LogP contribution in [0, 0.1) is 11.8 Å². The molecule has 2 N–H and O–H groups in total. The lowest BCUT2D eigenvalue weighted by Gasteiger charge is -2.49. The van der Waals surface area contributed by atoms with Gasteiger partial charge >= 0.3 is 0 Å². The highest BCUT2D eigenvalue weighted by Gasteiger charge is 2.45. The molecular weight excluding hydrogens is 232 g/mol. The second-order valence-electron chi connectivity index (χ2n) is 7.41. The van der Waals surface area contributed by atoms with Crippen LogP contribution in [0.25, 0.3) is 0 Å². The fraction of sp³-hybridized carbons (Fsp3) is 1.00. The number of hydrogen-bond donors (Lipinski definition) is 1. The van der Waals surface area contributed by atoms with Crippen LogP contribution in [0.5, 0.6) is 0 Å². The molecule has 2 saturated carbocycles. The molecule has 0 bridgehead atoms. The molecule has 0 aromatic carbocycles. The molecule has 0 spiro atoms. The van der Waals surface area contributed by atoms with Crippen LogP contribution in [0.1, 0.15) is 72.1 Å². The summed E-state index contributed by atoms with van der Waals surface area (Å²) in [6, 6.07) is 0.859. The van der Waals surface area contributed by atoms with Gasteiger partial charge in [-0.25, -0.2) is 0 Å². The first-order valence-electron chi connectivity index (χ1n) is 8.58. The van der Waals surface area contributed by atoms with Crippen molar-refractivity contribution in [3.63, 3.8) is 0 Å². The van der Waals surface area contributed by atoms with Gasteiger partial charge in [0.15, 0.2) is 0 Å². The van der Waals surface area contributed by atoms with Gasteiger partial charge in [0.05, 0.1) is 0 Å². The fourth-order valence-corrected chi connectivity index (χ4v) is 3.96. The van der Waals surface area contributed by atoms with Crippen LogP contribution in [-0.4, -0.2) is 29.6 Å². The Morgan fingerprint density at radius 2 is 2.00 bits per heavy atom. The van der Waals surface area contributed by atoms with E-state index < -0.39 is 0 Å². The highest BCUT2D eigenvalue weighted by molar-refractivity contribution is 5.02. The summed E-state index contributed by atoms with van der Waals surface area (Å²) in [5.74, 6) is 1.72. The normalized spacial score (nSPS) is 32.2. The molecule has 0 aliphatic heterocycles. The fourth-order valence-electron chi connectivity index (χ4n) is 3.96. The second-order valence-corrected chi connectivity index (χ2v) is 7.41. The quantitative estimate of drug-likeness (QED) is 0.759. The van der Waals surface area contributed by atoms with Crippen LogP contribution in [0.3, 0.4) is 0 Å². The van der Waals surface area contributed by atoms with E-state index in [-0.39, 0.29) is 0 Å². The maximum atomic E-state index is 6.29. The van der Waals surface area contributed by atoms with Gasteiger partial charge in [-0.3, -0.25) is 4.90 Å². The molecule has 2 fully saturated rings. The van der Waals surface area contributed by atoms with Crippen molar-refractivity contribution in [3.05, 3.63) is 0 Å². The summed E-state index contributed by atoms with van der Waals surface area (Å²) in [6.07, 6.45) is 11.0. The number of rotatable bonds is 7. The van der Waals surface area contributed by atoms with Crippen LogP contribution in [0.15, 0.2) is 0 Å². The Bertz CT molecular complexity index is 272. The van der Waals surface area contributed by atoms with Crippen LogP contribution in [0.4, 0.5) is 0 Å². The zero-order chi connectivity index (χ0) is 13.9. The molecular formula is C17H34N2. The van der Waals surface area contributed by atoms with Crippen molar-refractivity contribution < 1.29 is 0 Å². The third kappa shape index (κ3) is 3.72. The lowest BCUT2D eigenvalue weighted by molar-refractivity contribution is 0.0244. The molecule has 2 heteroatoms. The summed E-state index contributed by atoms with van der Waals surface area (Å²) < 4.78 is 0. The van der Waals surface area contributed by atoms with Gasteiger partial charge in [-0.1, -0.05) is 40.0 Å². The Kier molecular flexibility index (Phi) is 5.30. The Hall–Kier alpha value is -0.0800. The first kappa shape index (κ1) is 15.3. The maximum Gasteiger partial charge on any atom is 0.0337 e. The van der Waals surface area contributed by atoms with E-state index in [9.17, 15) is 0 Å². The largest absolute Gasteiger partial charge is 0.329 e. The summed E-state index contributed by atoms with van der Waals surface area (Å²) in [5.41, 5.74) is 6.63. The zero-order valence-corrected chi connectivity index (χ0v) is 13.3. The molecule has 2 nitrogen and oxygen atoms in total. The van der Waals surface area contributed by atoms with Crippen molar-refractivity contribution >= 4 is 0 Å². The van der Waals surface area contributed by atoms with E-state index in [1.165, 1.54) is 57.9 Å². The topological polar surface area (TPSA) is 29.3 Å². The van der Waals surface area contributed by atoms with Crippen molar-refractivity contribution in [2.45, 2.75) is 83.7 Å². The third-order valence-electron chi connectivity index (χ3n) is 5.42. The Labute approximate surface area is 120 Å². The second kappa shape index (κ2) is 6.58. The van der Waals surface area contributed by atoms with Crippen LogP contribution in [-0.2, 0) is 0 Å². The average molecular weight is 266 g/mol. The van der Waals surface area contributed by atoms with E-state index in [1.807, 2.05) is 0 Å². The van der Waals surface area contributed by atoms with Gasteiger partial charge in [0, 0.05) is 18.1 Å². The monoisotopic (exact) mass is 266 g/mol. The molecule has 2 unspecified atom stereocenters. The molecule has 0 saturated heterocycles. The molecule has 2 aliphatic rings. The van der Waals surface area contributed by atoms with E-state index in [0.717, 1.165) is 24.4 Å². The highest BCUT2D eigenvalue weighted by atomic mass is 15.3. The van der Waals surface area contributed by atoms with Crippen molar-refractivity contribution in [1.29, 1.82) is 0 Å². The number of hydrogen-bond acceptors (Lipinski definition) is 2. The zero-order valence-electron chi connectivity index (χ0n) is 13.3. The molecule has 0 aromatic rings. The lowest BCUT2D eigenvalue weighted by atomic mass is 9.73. The number of nitrogens with two attached hydrogens (primary N) is 1. The molecule has 112 valence electrons. The average Bonchev–Trinajstić information content (AvgIpc) is 3.23. The van der Waals surface area contributed by atoms with Crippen molar-refractivity contribution in [2.24, 2.45) is 17.6 Å². The van der Waals surface area contributed by atoms with Gasteiger partial charge in [0.1, 0.15) is 0 Å². The molecule has 2 atom stereocenters. The predicted molar refractivity (Wildman–Crippen MR) is 83.2 cm³/mol. The highest BCUT2D eigenvalue weighted by Crippen LogP contribution is 2.43. The van der Waals surface area contributed by atoms with Crippen LogP contribution < -0.4 is 5.73 Å². The van der Waals surface area contributed by atoms with Gasteiger partial charge in [-0.05, 0) is 50.5 Å². The van der Waals surface area contributed by atoms with E-state index in [0.29, 0.717) is 5.54 Å². The first-order chi connectivity index (χ1) is 9.11. The van der Waals surface area contributed by atoms with Gasteiger partial charge < -0.3 is 5.73 Å². The van der Waals surface area contributed by atoms with Gasteiger partial charge in [0.25, 0.3) is 0 Å². The standard InChI is InChI=1S/C17H34N2/c1-4-15-6-5-10-17(12-15,13-18)19(16-7-8-16)11-9-14(2)3/h14-16H,4-13,18H2,1-3H3. The number of nitrogens with zero attached hydrogens (tertiary/aromatic N) is 1. The minimum Gasteiger partial charge on any atom is -0.329 e. The Balaban J connectivity index is 2.06. The molecule has 2 aliphatic carbocycles. The summed E-state index contributed by atoms with van der Waals surface area (Å²) >= 11 is 0. The van der Waals surface area contributed by atoms with Crippen LogP contribution >= 0.6 is 0 Å². The SMILES string of the molecule is CCC1CCCC(CN)(N(CCC(C)C)C2CC2)C1. The van der Waals surface area contributed by atoms with Crippen molar-refractivity contribution in [3.8, 4) is 0 Å². The molecule has 2 rings (SSSR count). The maximum absolute atomic E-state index is 6.29. The Morgan fingerprint density at radius 3 is 2.53 bits per heavy atom. The summed E-state index contributed by atoms with van der Waals surface area (Å²) in [4.78, 5) is 2.84. The van der Waals surface area contributed by atoms with Gasteiger partial charge in [0.2, 0.25) is 0 Å². The third-order valence-corrected chi connectivity index (χ3v) is 5.42. The summed E-state index contributed by atoms with van der Waals surface area (Å²) in [6.45, 7) is 9.19. The summed E-state index contributed by atoms with van der Waals surface area (Å²) in [5, 5.41) is 0. The van der Waals surface area contributed by atoms with E-state index in [1.54, 1.807) is 0 Å². The molecule has 0 heterocycles. The van der Waals surface area contributed by atoms with E-state index >= 15 is 0 Å². The lowest BCUT2D eigenvalue weighted by Crippen LogP contribution is -2.57. The van der Waals surface area contributed by atoms with Crippen LogP contribution in [0.2, 0.25) is 0 Å². The minimum atomic E-state index is 0.342. The van der Waals surface area contributed by atoms with E-state index in [2.05, 4.69) is 25.7 Å². The van der Waals surface area contributed by atoms with Crippen molar-refractivity contribution in [2.75, 3.05) is 13.1 Å². The Morgan fingerprint density at radius 1 is 1.26 bits per heavy atom. The molecule has 19 heavy (non-hydrogen) atoms. The van der Waals surface area contributed by atoms with Crippen molar-refractivity contribution in [1.82, 2.24) is 4.90 Å². The first-order valence-corrected chi connectivity index (χ1v) is 8.58.